The van der Waals surface area contributed by atoms with Crippen molar-refractivity contribution < 1.29 is 14.5 Å². The molecular formula is C14H20N2O4. The highest BCUT2D eigenvalue weighted by Crippen LogP contribution is 2.19. The molecule has 20 heavy (non-hydrogen) atoms. The zero-order chi connectivity index (χ0) is 15.3. The van der Waals surface area contributed by atoms with Crippen LogP contribution in [0.5, 0.6) is 0 Å². The van der Waals surface area contributed by atoms with Crippen LogP contribution < -0.4 is 5.32 Å². The Morgan fingerprint density at radius 3 is 2.30 bits per heavy atom. The summed E-state index contributed by atoms with van der Waals surface area (Å²) in [6.45, 7) is 6.66. The quantitative estimate of drug-likeness (QED) is 0.679. The second-order valence-electron chi connectivity index (χ2n) is 5.56. The number of rotatable bonds is 4. The second-order valence-corrected chi connectivity index (χ2v) is 5.56. The van der Waals surface area contributed by atoms with Gasteiger partial charge in [0.25, 0.3) is 0 Å². The van der Waals surface area contributed by atoms with Crippen LogP contribution in [-0.4, -0.2) is 22.7 Å². The third-order valence-corrected chi connectivity index (χ3v) is 2.65. The molecule has 0 heterocycles. The number of alkyl carbamates (subject to hydrolysis) is 1. The maximum absolute atomic E-state index is 11.8. The Bertz CT molecular complexity index is 468. The summed E-state index contributed by atoms with van der Waals surface area (Å²) in [7, 11) is 0. The molecule has 6 heteroatoms. The summed E-state index contributed by atoms with van der Waals surface area (Å²) in [6, 6.07) is 7.14. The van der Waals surface area contributed by atoms with E-state index in [2.05, 4.69) is 5.32 Å². The summed E-state index contributed by atoms with van der Waals surface area (Å²) in [5, 5.41) is 13.6. The average Bonchev–Trinajstić information content (AvgIpc) is 2.34. The molecule has 0 radical (unpaired) electrons. The van der Waals surface area contributed by atoms with E-state index >= 15 is 0 Å². The number of amides is 1. The predicted octanol–water partition coefficient (Wildman–Crippen LogP) is 2.92. The number of nitrogens with one attached hydrogen (secondary N) is 1. The highest BCUT2D eigenvalue weighted by atomic mass is 16.6. The first-order chi connectivity index (χ1) is 9.20. The van der Waals surface area contributed by atoms with Crippen LogP contribution in [0.2, 0.25) is 0 Å². The number of carbonyl (C=O) groups is 1. The molecule has 0 spiro atoms. The molecule has 1 amide bonds. The van der Waals surface area contributed by atoms with Gasteiger partial charge in [-0.3, -0.25) is 10.1 Å². The number of benzene rings is 1. The van der Waals surface area contributed by atoms with Gasteiger partial charge < -0.3 is 10.1 Å². The van der Waals surface area contributed by atoms with E-state index in [4.69, 9.17) is 4.74 Å². The van der Waals surface area contributed by atoms with Gasteiger partial charge in [-0.1, -0.05) is 30.3 Å². The van der Waals surface area contributed by atoms with Gasteiger partial charge in [-0.25, -0.2) is 4.79 Å². The smallest absolute Gasteiger partial charge is 0.408 e. The van der Waals surface area contributed by atoms with E-state index in [9.17, 15) is 14.9 Å². The highest BCUT2D eigenvalue weighted by molar-refractivity contribution is 5.68. The fourth-order valence-corrected chi connectivity index (χ4v) is 1.70. The minimum atomic E-state index is -0.954. The first kappa shape index (κ1) is 15.9. The van der Waals surface area contributed by atoms with Crippen LogP contribution in [0, 0.1) is 10.1 Å². The number of nitrogens with zero attached hydrogens (tertiary/aromatic N) is 1. The molecule has 0 fully saturated rings. The number of hydrogen-bond acceptors (Lipinski definition) is 4. The average molecular weight is 280 g/mol. The van der Waals surface area contributed by atoms with Crippen molar-refractivity contribution in [3.63, 3.8) is 0 Å². The van der Waals surface area contributed by atoms with Gasteiger partial charge in [0.1, 0.15) is 11.6 Å². The first-order valence-electron chi connectivity index (χ1n) is 6.38. The van der Waals surface area contributed by atoms with Crippen molar-refractivity contribution in [3.8, 4) is 0 Å². The monoisotopic (exact) mass is 280 g/mol. The summed E-state index contributed by atoms with van der Waals surface area (Å²) in [6.07, 6.45) is -0.667. The first-order valence-corrected chi connectivity index (χ1v) is 6.38. The molecule has 1 aromatic rings. The minimum Gasteiger partial charge on any atom is -0.444 e. The number of ether oxygens (including phenoxy) is 1. The molecule has 0 saturated heterocycles. The molecule has 2 atom stereocenters. The van der Waals surface area contributed by atoms with Crippen molar-refractivity contribution >= 4 is 6.09 Å². The third-order valence-electron chi connectivity index (χ3n) is 2.65. The van der Waals surface area contributed by atoms with Gasteiger partial charge in [-0.05, 0) is 26.3 Å². The van der Waals surface area contributed by atoms with Crippen molar-refractivity contribution in [1.29, 1.82) is 0 Å². The minimum absolute atomic E-state index is 0.422. The topological polar surface area (TPSA) is 81.5 Å². The van der Waals surface area contributed by atoms with Crippen molar-refractivity contribution in [1.82, 2.24) is 5.32 Å². The predicted molar refractivity (Wildman–Crippen MR) is 75.0 cm³/mol. The molecule has 1 unspecified atom stereocenters. The SMILES string of the molecule is CC([C@H](NC(=O)OC(C)(C)C)c1ccccc1)[N+](=O)[O-]. The van der Waals surface area contributed by atoms with Gasteiger partial charge >= 0.3 is 6.09 Å². The molecular weight excluding hydrogens is 260 g/mol. The summed E-state index contributed by atoms with van der Waals surface area (Å²) in [4.78, 5) is 22.4. The van der Waals surface area contributed by atoms with E-state index in [1.54, 1.807) is 45.0 Å². The molecule has 0 aliphatic rings. The lowest BCUT2D eigenvalue weighted by molar-refractivity contribution is -0.523. The lowest BCUT2D eigenvalue weighted by Crippen LogP contribution is -2.41. The lowest BCUT2D eigenvalue weighted by atomic mass is 10.0. The lowest BCUT2D eigenvalue weighted by Gasteiger charge is -2.24. The Balaban J connectivity index is 2.90. The van der Waals surface area contributed by atoms with Crippen LogP contribution in [-0.2, 0) is 4.74 Å². The molecule has 0 aliphatic heterocycles. The normalized spacial score (nSPS) is 14.2. The maximum Gasteiger partial charge on any atom is 0.408 e. The van der Waals surface area contributed by atoms with Gasteiger partial charge in [-0.2, -0.15) is 0 Å². The van der Waals surface area contributed by atoms with Crippen molar-refractivity contribution in [3.05, 3.63) is 46.0 Å². The highest BCUT2D eigenvalue weighted by Gasteiger charge is 2.31. The second kappa shape index (κ2) is 6.36. The van der Waals surface area contributed by atoms with Crippen molar-refractivity contribution in [2.75, 3.05) is 0 Å². The molecule has 0 saturated carbocycles. The van der Waals surface area contributed by atoms with Crippen LogP contribution >= 0.6 is 0 Å². The molecule has 1 aromatic carbocycles. The van der Waals surface area contributed by atoms with Gasteiger partial charge in [0.05, 0.1) is 0 Å². The molecule has 0 aromatic heterocycles. The summed E-state index contributed by atoms with van der Waals surface area (Å²) in [5.41, 5.74) is 0.0194. The van der Waals surface area contributed by atoms with Crippen LogP contribution in [0.4, 0.5) is 4.79 Å². The van der Waals surface area contributed by atoms with Gasteiger partial charge in [0.2, 0.25) is 6.04 Å². The van der Waals surface area contributed by atoms with Gasteiger partial charge in [0.15, 0.2) is 0 Å². The Labute approximate surface area is 118 Å². The molecule has 0 aliphatic carbocycles. The van der Waals surface area contributed by atoms with Crippen molar-refractivity contribution in [2.45, 2.75) is 45.4 Å². The molecule has 1 rings (SSSR count). The van der Waals surface area contributed by atoms with Gasteiger partial charge in [-0.15, -0.1) is 0 Å². The van der Waals surface area contributed by atoms with Crippen LogP contribution in [0.1, 0.15) is 39.3 Å². The standard InChI is InChI=1S/C14H20N2O4/c1-10(16(18)19)12(11-8-6-5-7-9-11)15-13(17)20-14(2,3)4/h5-10,12H,1-4H3,(H,15,17)/t10?,12-/m0/s1. The van der Waals surface area contributed by atoms with E-state index < -0.39 is 28.7 Å². The van der Waals surface area contributed by atoms with Gasteiger partial charge in [0, 0.05) is 11.8 Å². The van der Waals surface area contributed by atoms with E-state index in [1.807, 2.05) is 6.07 Å². The fourth-order valence-electron chi connectivity index (χ4n) is 1.70. The Hall–Kier alpha value is -2.11. The largest absolute Gasteiger partial charge is 0.444 e. The fraction of sp³-hybridized carbons (Fsp3) is 0.500. The summed E-state index contributed by atoms with van der Waals surface area (Å²) >= 11 is 0. The zero-order valence-electron chi connectivity index (χ0n) is 12.1. The number of nitro groups is 1. The summed E-state index contributed by atoms with van der Waals surface area (Å²) < 4.78 is 5.15. The Morgan fingerprint density at radius 2 is 1.85 bits per heavy atom. The van der Waals surface area contributed by atoms with Crippen LogP contribution in [0.15, 0.2) is 30.3 Å². The van der Waals surface area contributed by atoms with E-state index in [-0.39, 0.29) is 0 Å². The number of carbonyl (C=O) groups excluding carboxylic acids is 1. The summed E-state index contributed by atoms with van der Waals surface area (Å²) in [5.74, 6) is 0. The number of hydrogen-bond donors (Lipinski definition) is 1. The maximum atomic E-state index is 11.8. The molecule has 6 nitrogen and oxygen atoms in total. The molecule has 1 N–H and O–H groups in total. The van der Waals surface area contributed by atoms with Crippen LogP contribution in [0.25, 0.3) is 0 Å². The van der Waals surface area contributed by atoms with E-state index in [1.165, 1.54) is 6.92 Å². The molecule has 0 bridgehead atoms. The Kier molecular flexibility index (Phi) is 5.07. The zero-order valence-corrected chi connectivity index (χ0v) is 12.1. The van der Waals surface area contributed by atoms with Crippen LogP contribution in [0.3, 0.4) is 0 Å². The van der Waals surface area contributed by atoms with E-state index in [0.717, 1.165) is 0 Å². The van der Waals surface area contributed by atoms with E-state index in [0.29, 0.717) is 5.56 Å². The van der Waals surface area contributed by atoms with Crippen molar-refractivity contribution in [2.24, 2.45) is 0 Å². The molecule has 110 valence electrons. The Morgan fingerprint density at radius 1 is 1.30 bits per heavy atom. The third kappa shape index (κ3) is 4.87.